The molecule has 284 valence electrons. The van der Waals surface area contributed by atoms with E-state index in [0.29, 0.717) is 65.6 Å². The summed E-state index contributed by atoms with van der Waals surface area (Å²) in [5.74, 6) is 0.734. The molecule has 53 heavy (non-hydrogen) atoms. The second-order valence-electron chi connectivity index (χ2n) is 12.5. The maximum Gasteiger partial charge on any atom is 0.407 e. The van der Waals surface area contributed by atoms with E-state index >= 15 is 0 Å². The molecule has 2 saturated heterocycles. The van der Waals surface area contributed by atoms with Gasteiger partial charge in [-0.25, -0.2) is 29.5 Å². The number of aromatic amines is 2. The number of thiazole rings is 2. The summed E-state index contributed by atoms with van der Waals surface area (Å²) in [5, 5.41) is 4.06. The molecule has 0 spiro atoms. The van der Waals surface area contributed by atoms with Gasteiger partial charge in [0.1, 0.15) is 29.1 Å². The summed E-state index contributed by atoms with van der Waals surface area (Å²) in [6, 6.07) is -1.37. The summed E-state index contributed by atoms with van der Waals surface area (Å²) in [6.07, 6.45) is 7.87. The van der Waals surface area contributed by atoms with Crippen molar-refractivity contribution < 1.29 is 38.1 Å². The third kappa shape index (κ3) is 8.66. The predicted molar refractivity (Wildman–Crippen MR) is 193 cm³/mol. The zero-order valence-corrected chi connectivity index (χ0v) is 31.2. The number of hydrogen-bond donors (Lipinski definition) is 4. The minimum atomic E-state index is -1.04. The monoisotopic (exact) mass is 770 g/mol. The van der Waals surface area contributed by atoms with Crippen molar-refractivity contribution in [3.8, 4) is 31.2 Å². The molecule has 6 rings (SSSR count). The number of nitrogens with zero attached hydrogens (tertiary/aromatic N) is 6. The Labute approximate surface area is 312 Å². The summed E-state index contributed by atoms with van der Waals surface area (Å²) < 4.78 is 20.1. The van der Waals surface area contributed by atoms with E-state index in [9.17, 15) is 19.2 Å². The molecule has 6 heterocycles. The number of amides is 4. The first-order chi connectivity index (χ1) is 25.7. The van der Waals surface area contributed by atoms with Crippen molar-refractivity contribution in [1.82, 2.24) is 45.0 Å². The average Bonchev–Trinajstić information content (AvgIpc) is 3.99. The molecule has 4 atom stereocenters. The molecule has 2 aliphatic heterocycles. The third-order valence-electron chi connectivity index (χ3n) is 9.10. The lowest BCUT2D eigenvalue weighted by Crippen LogP contribution is -2.49. The van der Waals surface area contributed by atoms with E-state index in [1.807, 2.05) is 0 Å². The van der Waals surface area contributed by atoms with Crippen LogP contribution in [0.5, 0.6) is 0 Å². The van der Waals surface area contributed by atoms with E-state index in [0.717, 1.165) is 29.0 Å². The fraction of sp³-hybridized carbons (Fsp3) is 0.515. The van der Waals surface area contributed by atoms with Gasteiger partial charge in [-0.15, -0.1) is 22.7 Å². The van der Waals surface area contributed by atoms with Crippen LogP contribution in [-0.2, 0) is 28.5 Å². The summed E-state index contributed by atoms with van der Waals surface area (Å²) in [7, 11) is 4.31. The van der Waals surface area contributed by atoms with Crippen LogP contribution < -0.4 is 11.1 Å². The van der Waals surface area contributed by atoms with Gasteiger partial charge in [0.2, 0.25) is 5.91 Å². The van der Waals surface area contributed by atoms with Crippen molar-refractivity contribution in [3.63, 3.8) is 0 Å². The van der Waals surface area contributed by atoms with E-state index in [1.54, 1.807) is 41.7 Å². The van der Waals surface area contributed by atoms with Crippen LogP contribution in [0.4, 0.5) is 9.59 Å². The maximum atomic E-state index is 13.5. The van der Waals surface area contributed by atoms with Crippen molar-refractivity contribution in [1.29, 1.82) is 0 Å². The van der Waals surface area contributed by atoms with Crippen molar-refractivity contribution in [2.45, 2.75) is 62.8 Å². The molecule has 0 radical (unpaired) electrons. The topological polar surface area (TPSA) is 233 Å². The van der Waals surface area contributed by atoms with Crippen molar-refractivity contribution >= 4 is 46.7 Å². The molecular weight excluding hydrogens is 729 g/mol. The Hall–Kier alpha value is -4.92. The molecule has 0 unspecified atom stereocenters. The van der Waals surface area contributed by atoms with E-state index < -0.39 is 24.3 Å². The molecule has 0 aromatic carbocycles. The average molecular weight is 771 g/mol. The first-order valence-corrected chi connectivity index (χ1v) is 18.8. The summed E-state index contributed by atoms with van der Waals surface area (Å²) in [4.78, 5) is 80.7. The molecular formula is C33H42N10O8S2. The molecule has 2 aliphatic rings. The highest BCUT2D eigenvalue weighted by atomic mass is 32.1. The first-order valence-electron chi connectivity index (χ1n) is 17.1. The van der Waals surface area contributed by atoms with Gasteiger partial charge >= 0.3 is 12.2 Å². The molecule has 0 aliphatic carbocycles. The van der Waals surface area contributed by atoms with E-state index in [4.69, 9.17) is 34.6 Å². The Balaban J connectivity index is 1.12. The van der Waals surface area contributed by atoms with E-state index in [1.165, 1.54) is 36.9 Å². The number of H-pyrrole nitrogens is 2. The number of likely N-dealkylation sites (tertiary alicyclic amines) is 2. The number of rotatable bonds is 15. The largest absolute Gasteiger partial charge is 0.453 e. The molecule has 18 nitrogen and oxygen atoms in total. The quantitative estimate of drug-likeness (QED) is 0.136. The highest BCUT2D eigenvalue weighted by Gasteiger charge is 2.38. The summed E-state index contributed by atoms with van der Waals surface area (Å²) in [5.41, 5.74) is 6.61. The minimum Gasteiger partial charge on any atom is -0.453 e. The number of carbonyl (C=O) groups excluding carboxylic acids is 4. The maximum absolute atomic E-state index is 13.5. The van der Waals surface area contributed by atoms with E-state index in [2.05, 4.69) is 25.3 Å². The Morgan fingerprint density at radius 1 is 0.849 bits per heavy atom. The third-order valence-corrected chi connectivity index (χ3v) is 11.3. The van der Waals surface area contributed by atoms with Crippen LogP contribution in [0.3, 0.4) is 0 Å². The summed E-state index contributed by atoms with van der Waals surface area (Å²) in [6.45, 7) is 1.58. The molecule has 5 N–H and O–H groups in total. The lowest BCUT2D eigenvalue weighted by atomic mass is 10.1. The lowest BCUT2D eigenvalue weighted by molar-refractivity contribution is -0.142. The van der Waals surface area contributed by atoms with Crippen molar-refractivity contribution in [2.24, 2.45) is 5.73 Å². The molecule has 4 aromatic heterocycles. The Morgan fingerprint density at radius 2 is 1.38 bits per heavy atom. The molecule has 0 bridgehead atoms. The van der Waals surface area contributed by atoms with Gasteiger partial charge in [0.25, 0.3) is 5.91 Å². The molecule has 4 amide bonds. The lowest BCUT2D eigenvalue weighted by Gasteiger charge is -2.28. The van der Waals surface area contributed by atoms with Gasteiger partial charge in [0.05, 0.1) is 35.6 Å². The normalized spacial score (nSPS) is 18.2. The van der Waals surface area contributed by atoms with Crippen LogP contribution in [0.2, 0.25) is 0 Å². The van der Waals surface area contributed by atoms with E-state index in [-0.39, 0.29) is 36.9 Å². The first kappa shape index (κ1) is 37.8. The molecule has 20 heteroatoms. The van der Waals surface area contributed by atoms with Crippen LogP contribution in [0.1, 0.15) is 62.3 Å². The number of carbonyl (C=O) groups is 4. The number of methoxy groups -OCH3 is 3. The number of hydrogen-bond acceptors (Lipinski definition) is 14. The Bertz CT molecular complexity index is 1890. The summed E-state index contributed by atoms with van der Waals surface area (Å²) >= 11 is 2.89. The fourth-order valence-electron chi connectivity index (χ4n) is 6.56. The minimum absolute atomic E-state index is 0.197. The van der Waals surface area contributed by atoms with Crippen molar-refractivity contribution in [2.75, 3.05) is 47.6 Å². The smallest absolute Gasteiger partial charge is 0.407 e. The van der Waals surface area contributed by atoms with Gasteiger partial charge in [-0.2, -0.15) is 0 Å². The second kappa shape index (κ2) is 17.3. The van der Waals surface area contributed by atoms with Crippen LogP contribution in [-0.4, -0.2) is 123 Å². The number of aromatic nitrogens is 6. The zero-order valence-electron chi connectivity index (χ0n) is 29.5. The Kier molecular flexibility index (Phi) is 12.3. The van der Waals surface area contributed by atoms with Gasteiger partial charge in [-0.05, 0) is 25.7 Å². The Morgan fingerprint density at radius 3 is 1.89 bits per heavy atom. The van der Waals surface area contributed by atoms with Gasteiger partial charge in [0, 0.05) is 71.5 Å². The number of alkyl carbamates (subject to hydrolysis) is 1. The number of nitrogens with one attached hydrogen (secondary N) is 3. The molecule has 2 fully saturated rings. The second-order valence-corrected chi connectivity index (χ2v) is 14.5. The molecule has 4 aromatic rings. The van der Waals surface area contributed by atoms with Gasteiger partial charge in [-0.1, -0.05) is 0 Å². The number of nitrogens with two attached hydrogens (primary N) is 1. The van der Waals surface area contributed by atoms with Crippen LogP contribution >= 0.6 is 22.7 Å². The van der Waals surface area contributed by atoms with Crippen LogP contribution in [0.25, 0.3) is 31.2 Å². The van der Waals surface area contributed by atoms with Gasteiger partial charge in [0.15, 0.2) is 16.1 Å². The van der Waals surface area contributed by atoms with Gasteiger partial charge < -0.3 is 49.8 Å². The predicted octanol–water partition coefficient (Wildman–Crippen LogP) is 3.64. The highest BCUT2D eigenvalue weighted by molar-refractivity contribution is 7.24. The highest BCUT2D eigenvalue weighted by Crippen LogP contribution is 2.39. The van der Waals surface area contributed by atoms with Crippen LogP contribution in [0, 0.1) is 0 Å². The van der Waals surface area contributed by atoms with Gasteiger partial charge in [-0.3, -0.25) is 9.59 Å². The van der Waals surface area contributed by atoms with Crippen molar-refractivity contribution in [3.05, 3.63) is 36.4 Å². The van der Waals surface area contributed by atoms with Crippen LogP contribution in [0.15, 0.2) is 24.8 Å². The molecule has 0 saturated carbocycles. The SMILES string of the molecule is COCC[C@H](NC(=O)OC)C(=O)N1CCC[C@H]1c1nc(-c2cnc(-c3ncc(-c4c[nH]c([C@@H]5CCCN5C(=O)[C@H](CCOC)OC(N)=O)n4)s3)s2)c[nH]1. The number of imidazole rings is 2. The number of primary amides is 1. The fourth-order valence-corrected chi connectivity index (χ4v) is 8.34. The zero-order chi connectivity index (χ0) is 37.5. The standard InChI is InChI=1S/C33H42N10O8S2/c1-48-12-8-18(41-33(47)50-3)30(44)42-10-4-6-21(42)26-35-14-19(39-26)24-16-37-28(52-24)29-38-17-25(53-29)20-15-36-27(40-20)22-7-5-11-43(22)31(45)23(9-13-49-2)51-32(34)46/h14-18,21-23H,4-13H2,1-3H3,(H2,34,46)(H,35,39)(H,36,40)(H,41,47)/t18-,21-,22-,23-/m0/s1. The number of ether oxygens (including phenoxy) is 4.